The number of aliphatic hydroxyl groups excluding tert-OH is 1. The number of esters is 1. The van der Waals surface area contributed by atoms with Gasteiger partial charge in [-0.05, 0) is 6.07 Å². The number of carbonyl (C=O) groups is 1. The van der Waals surface area contributed by atoms with Crippen LogP contribution in [-0.2, 0) is 4.74 Å². The van der Waals surface area contributed by atoms with Gasteiger partial charge in [0.2, 0.25) is 18.0 Å². The highest BCUT2D eigenvalue weighted by molar-refractivity contribution is 5.99. The van der Waals surface area contributed by atoms with Crippen molar-refractivity contribution in [3.63, 3.8) is 0 Å². The Morgan fingerprint density at radius 1 is 1.00 bits per heavy atom. The lowest BCUT2D eigenvalue weighted by Gasteiger charge is -2.21. The van der Waals surface area contributed by atoms with E-state index in [1.165, 1.54) is 27.4 Å². The molecule has 1 aromatic heterocycles. The molecule has 5 rings (SSSR count). The van der Waals surface area contributed by atoms with E-state index in [4.69, 9.17) is 28.4 Å². The normalized spacial score (nSPS) is 16.1. The number of methoxy groups -OCH3 is 3. The molecule has 0 fully saturated rings. The van der Waals surface area contributed by atoms with Crippen molar-refractivity contribution in [1.82, 2.24) is 4.57 Å². The minimum Gasteiger partial charge on any atom is -0.493 e. The number of hydrogen-bond acceptors (Lipinski definition) is 9. The molecule has 2 aliphatic heterocycles. The Balaban J connectivity index is 1.94. The van der Waals surface area contributed by atoms with Gasteiger partial charge >= 0.3 is 5.97 Å². The average Bonchev–Trinajstić information content (AvgIpc) is 3.40. The number of hydrogen-bond donors (Lipinski definition) is 1. The monoisotopic (exact) mass is 441 g/mol. The molecule has 0 spiro atoms. The molecule has 3 heterocycles. The molecule has 1 unspecified atom stereocenters. The molecular weight excluding hydrogens is 422 g/mol. The molecule has 0 amide bonds. The maximum absolute atomic E-state index is 13.3. The third-order valence-electron chi connectivity index (χ3n) is 5.53. The van der Waals surface area contributed by atoms with Crippen LogP contribution in [0.15, 0.2) is 29.1 Å². The van der Waals surface area contributed by atoms with Crippen molar-refractivity contribution in [3.8, 4) is 34.4 Å². The fourth-order valence-electron chi connectivity index (χ4n) is 4.14. The first-order chi connectivity index (χ1) is 15.5. The minimum atomic E-state index is -1.03. The Labute approximate surface area is 181 Å². The van der Waals surface area contributed by atoms with Crippen molar-refractivity contribution in [2.45, 2.75) is 6.10 Å². The summed E-state index contributed by atoms with van der Waals surface area (Å²) in [5.41, 5.74) is 0.491. The van der Waals surface area contributed by atoms with Gasteiger partial charge in [-0.3, -0.25) is 4.79 Å². The second kappa shape index (κ2) is 7.34. The standard InChI is InChI=1S/C22H19NO9/c1-27-15-4-10(5-16(28-2)21(15)29-3)23-12-7-14-13(30-9-31-14)6-11(12)20(25)18-19(23)17(8-24)32-22(18)26/h4-7,17,24H,8-9H2,1-3H3. The Bertz CT molecular complexity index is 1300. The Morgan fingerprint density at radius 3 is 2.25 bits per heavy atom. The summed E-state index contributed by atoms with van der Waals surface area (Å²) in [6.07, 6.45) is -1.03. The number of carbonyl (C=O) groups excluding carboxylic acids is 1. The maximum atomic E-state index is 13.3. The zero-order valence-corrected chi connectivity index (χ0v) is 17.5. The molecule has 2 aliphatic rings. The molecule has 0 saturated carbocycles. The Kier molecular flexibility index (Phi) is 4.59. The van der Waals surface area contributed by atoms with Crippen LogP contribution in [0.5, 0.6) is 28.7 Å². The SMILES string of the molecule is COc1cc(-n2c3c(c(=O)c4cc5c(cc42)OCO5)C(=O)OC3CO)cc(OC)c1OC. The number of nitrogens with zero attached hydrogens (tertiary/aromatic N) is 1. The molecule has 3 aromatic rings. The summed E-state index contributed by atoms with van der Waals surface area (Å²) in [4.78, 5) is 25.9. The van der Waals surface area contributed by atoms with Crippen molar-refractivity contribution in [3.05, 3.63) is 45.7 Å². The van der Waals surface area contributed by atoms with E-state index in [0.29, 0.717) is 40.0 Å². The van der Waals surface area contributed by atoms with Crippen molar-refractivity contribution in [2.75, 3.05) is 34.7 Å². The number of cyclic esters (lactones) is 1. The van der Waals surface area contributed by atoms with E-state index >= 15 is 0 Å². The first-order valence-corrected chi connectivity index (χ1v) is 9.66. The lowest BCUT2D eigenvalue weighted by molar-refractivity contribution is 0.0223. The zero-order chi connectivity index (χ0) is 22.6. The van der Waals surface area contributed by atoms with Gasteiger partial charge in [0.15, 0.2) is 29.1 Å². The van der Waals surface area contributed by atoms with Crippen LogP contribution in [0.25, 0.3) is 16.6 Å². The van der Waals surface area contributed by atoms with E-state index in [0.717, 1.165) is 0 Å². The molecule has 10 nitrogen and oxygen atoms in total. The van der Waals surface area contributed by atoms with E-state index in [9.17, 15) is 14.7 Å². The molecule has 2 aromatic carbocycles. The van der Waals surface area contributed by atoms with Gasteiger partial charge < -0.3 is 38.1 Å². The summed E-state index contributed by atoms with van der Waals surface area (Å²) in [6.45, 7) is -0.482. The van der Waals surface area contributed by atoms with Crippen molar-refractivity contribution < 1.29 is 38.3 Å². The number of aliphatic hydroxyl groups is 1. The first kappa shape index (κ1) is 20.0. The van der Waals surface area contributed by atoms with Gasteiger partial charge in [0.1, 0.15) is 5.56 Å². The first-order valence-electron chi connectivity index (χ1n) is 9.66. The molecule has 166 valence electrons. The molecule has 0 saturated heterocycles. The lowest BCUT2D eigenvalue weighted by Crippen LogP contribution is -2.20. The van der Waals surface area contributed by atoms with E-state index < -0.39 is 24.1 Å². The summed E-state index contributed by atoms with van der Waals surface area (Å²) in [7, 11) is 4.45. The largest absolute Gasteiger partial charge is 0.493 e. The van der Waals surface area contributed by atoms with Gasteiger partial charge in [0.25, 0.3) is 0 Å². The van der Waals surface area contributed by atoms with Gasteiger partial charge in [-0.1, -0.05) is 0 Å². The van der Waals surface area contributed by atoms with Crippen LogP contribution in [0.3, 0.4) is 0 Å². The van der Waals surface area contributed by atoms with E-state index in [2.05, 4.69) is 0 Å². The fourth-order valence-corrected chi connectivity index (χ4v) is 4.14. The summed E-state index contributed by atoms with van der Waals surface area (Å²) in [6, 6.07) is 6.54. The third-order valence-corrected chi connectivity index (χ3v) is 5.53. The molecule has 0 bridgehead atoms. The molecule has 0 aliphatic carbocycles. The van der Waals surface area contributed by atoms with Gasteiger partial charge in [-0.2, -0.15) is 0 Å². The second-order valence-electron chi connectivity index (χ2n) is 7.11. The molecule has 0 radical (unpaired) electrons. The van der Waals surface area contributed by atoms with Gasteiger partial charge in [-0.15, -0.1) is 0 Å². The molecule has 1 atom stereocenters. The third kappa shape index (κ3) is 2.69. The number of benzene rings is 2. The number of rotatable bonds is 5. The van der Waals surface area contributed by atoms with Crippen molar-refractivity contribution >= 4 is 16.9 Å². The van der Waals surface area contributed by atoms with E-state index in [-0.39, 0.29) is 23.4 Å². The Hall–Kier alpha value is -3.92. The summed E-state index contributed by atoms with van der Waals surface area (Å²) < 4.78 is 34.2. The summed E-state index contributed by atoms with van der Waals surface area (Å²) in [5.74, 6) is 1.16. The van der Waals surface area contributed by atoms with Crippen LogP contribution in [0.4, 0.5) is 0 Å². The predicted octanol–water partition coefficient (Wildman–Crippen LogP) is 1.95. The highest BCUT2D eigenvalue weighted by Gasteiger charge is 2.38. The van der Waals surface area contributed by atoms with Crippen molar-refractivity contribution in [2.24, 2.45) is 0 Å². The van der Waals surface area contributed by atoms with Gasteiger partial charge in [0.05, 0.1) is 50.2 Å². The molecule has 10 heteroatoms. The quantitative estimate of drug-likeness (QED) is 0.593. The Morgan fingerprint density at radius 2 is 1.66 bits per heavy atom. The number of aromatic nitrogens is 1. The number of fused-ring (bicyclic) bond motifs is 3. The van der Waals surface area contributed by atoms with Crippen molar-refractivity contribution in [1.29, 1.82) is 0 Å². The molecular formula is C22H19NO9. The highest BCUT2D eigenvalue weighted by atomic mass is 16.7. The topological polar surface area (TPSA) is 115 Å². The maximum Gasteiger partial charge on any atom is 0.344 e. The second-order valence-corrected chi connectivity index (χ2v) is 7.11. The lowest BCUT2D eigenvalue weighted by atomic mass is 10.0. The van der Waals surface area contributed by atoms with Crippen LogP contribution in [-0.4, -0.2) is 50.4 Å². The summed E-state index contributed by atoms with van der Waals surface area (Å²) in [5, 5.41) is 10.1. The fraction of sp³-hybridized carbons (Fsp3) is 0.273. The van der Waals surface area contributed by atoms with E-state index in [1.54, 1.807) is 22.8 Å². The van der Waals surface area contributed by atoms with Gasteiger partial charge in [0, 0.05) is 18.2 Å². The van der Waals surface area contributed by atoms with Crippen LogP contribution in [0.1, 0.15) is 22.2 Å². The average molecular weight is 441 g/mol. The van der Waals surface area contributed by atoms with Crippen LogP contribution < -0.4 is 29.1 Å². The molecule has 1 N–H and O–H groups in total. The smallest absolute Gasteiger partial charge is 0.344 e. The molecule has 32 heavy (non-hydrogen) atoms. The zero-order valence-electron chi connectivity index (χ0n) is 17.5. The van der Waals surface area contributed by atoms with Crippen LogP contribution >= 0.6 is 0 Å². The van der Waals surface area contributed by atoms with Crippen LogP contribution in [0, 0.1) is 0 Å². The van der Waals surface area contributed by atoms with E-state index in [1.807, 2.05) is 0 Å². The summed E-state index contributed by atoms with van der Waals surface area (Å²) >= 11 is 0. The predicted molar refractivity (Wildman–Crippen MR) is 111 cm³/mol. The number of pyridine rings is 1. The van der Waals surface area contributed by atoms with Crippen LogP contribution in [0.2, 0.25) is 0 Å². The van der Waals surface area contributed by atoms with Gasteiger partial charge in [-0.25, -0.2) is 4.79 Å². The highest BCUT2D eigenvalue weighted by Crippen LogP contribution is 2.43. The number of ether oxygens (including phenoxy) is 6. The minimum absolute atomic E-state index is 0.0189.